The summed E-state index contributed by atoms with van der Waals surface area (Å²) in [5.74, 6) is 0. The molecule has 0 aromatic carbocycles. The van der Waals surface area contributed by atoms with Crippen molar-refractivity contribution < 1.29 is 0 Å². The molecule has 0 spiro atoms. The van der Waals surface area contributed by atoms with Crippen LogP contribution in [0.1, 0.15) is 92.9 Å². The van der Waals surface area contributed by atoms with Crippen molar-refractivity contribution in [1.82, 2.24) is 10.6 Å². The van der Waals surface area contributed by atoms with Gasteiger partial charge in [0.1, 0.15) is 0 Å². The molecule has 2 heteroatoms. The highest BCUT2D eigenvalue weighted by Gasteiger charge is 2.37. The summed E-state index contributed by atoms with van der Waals surface area (Å²) in [5, 5.41) is 7.64. The number of hydrogen-bond donors (Lipinski definition) is 2. The molecule has 1 rings (SSSR count). The average molecular weight is 283 g/mol. The first-order chi connectivity index (χ1) is 9.24. The van der Waals surface area contributed by atoms with E-state index in [0.29, 0.717) is 12.1 Å². The van der Waals surface area contributed by atoms with E-state index in [4.69, 9.17) is 0 Å². The van der Waals surface area contributed by atoms with Gasteiger partial charge in [-0.25, -0.2) is 0 Å². The first kappa shape index (κ1) is 18.0. The Kier molecular flexibility index (Phi) is 7.00. The van der Waals surface area contributed by atoms with Crippen LogP contribution in [0.5, 0.6) is 0 Å². The fourth-order valence-corrected chi connectivity index (χ4v) is 3.98. The molecule has 1 fully saturated rings. The Labute approximate surface area is 127 Å². The lowest BCUT2D eigenvalue weighted by Gasteiger charge is -2.47. The third kappa shape index (κ3) is 7.08. The Balaban J connectivity index is 2.28. The maximum atomic E-state index is 3.88. The maximum absolute atomic E-state index is 3.88. The average Bonchev–Trinajstić information content (AvgIpc) is 2.24. The molecule has 20 heavy (non-hydrogen) atoms. The Morgan fingerprint density at radius 2 is 1.55 bits per heavy atom. The summed E-state index contributed by atoms with van der Waals surface area (Å²) in [6, 6.07) is 1.32. The van der Waals surface area contributed by atoms with E-state index in [2.05, 4.69) is 52.2 Å². The van der Waals surface area contributed by atoms with Gasteiger partial charge in [-0.2, -0.15) is 0 Å². The predicted molar refractivity (Wildman–Crippen MR) is 90.3 cm³/mol. The van der Waals surface area contributed by atoms with Crippen molar-refractivity contribution in [3.8, 4) is 0 Å². The van der Waals surface area contributed by atoms with Crippen LogP contribution in [0.25, 0.3) is 0 Å². The van der Waals surface area contributed by atoms with Crippen LogP contribution < -0.4 is 10.6 Å². The Morgan fingerprint density at radius 3 is 2.10 bits per heavy atom. The summed E-state index contributed by atoms with van der Waals surface area (Å²) in [6.45, 7) is 14.0. The van der Waals surface area contributed by atoms with Crippen LogP contribution in [-0.4, -0.2) is 23.2 Å². The van der Waals surface area contributed by atoms with Gasteiger partial charge in [0.15, 0.2) is 0 Å². The molecular formula is C18H38N2. The third-order valence-electron chi connectivity index (χ3n) is 4.45. The molecule has 0 aromatic rings. The van der Waals surface area contributed by atoms with Crippen molar-refractivity contribution in [3.63, 3.8) is 0 Å². The van der Waals surface area contributed by atoms with Gasteiger partial charge in [0.05, 0.1) is 0 Å². The molecule has 1 aliphatic rings. The Morgan fingerprint density at radius 1 is 1.00 bits per heavy atom. The highest BCUT2D eigenvalue weighted by atomic mass is 15.1. The van der Waals surface area contributed by atoms with Crippen molar-refractivity contribution >= 4 is 0 Å². The van der Waals surface area contributed by atoms with Crippen LogP contribution in [0.3, 0.4) is 0 Å². The molecule has 1 saturated heterocycles. The molecule has 120 valence electrons. The standard InChI is InChI=1S/C18H38N2/c1-7-8-9-10-11-12-15(2)19-16-13-17(3,4)20-18(5,6)14-16/h15-16,19-20H,7-14H2,1-6H3. The highest BCUT2D eigenvalue weighted by molar-refractivity contribution is 4.99. The van der Waals surface area contributed by atoms with E-state index in [0.717, 1.165) is 0 Å². The van der Waals surface area contributed by atoms with Crippen LogP contribution in [0.15, 0.2) is 0 Å². The smallest absolute Gasteiger partial charge is 0.0144 e. The summed E-state index contributed by atoms with van der Waals surface area (Å²) in [5.41, 5.74) is 0.501. The van der Waals surface area contributed by atoms with E-state index in [1.165, 1.54) is 51.4 Å². The van der Waals surface area contributed by atoms with Crippen LogP contribution >= 0.6 is 0 Å². The van der Waals surface area contributed by atoms with E-state index in [-0.39, 0.29) is 11.1 Å². The molecule has 2 N–H and O–H groups in total. The largest absolute Gasteiger partial charge is 0.311 e. The predicted octanol–water partition coefficient (Wildman–Crippen LogP) is 4.63. The molecule has 0 aromatic heterocycles. The molecular weight excluding hydrogens is 244 g/mol. The van der Waals surface area contributed by atoms with E-state index < -0.39 is 0 Å². The number of piperidine rings is 1. The maximum Gasteiger partial charge on any atom is 0.0144 e. The van der Waals surface area contributed by atoms with E-state index >= 15 is 0 Å². The molecule has 0 saturated carbocycles. The summed E-state index contributed by atoms with van der Waals surface area (Å²) in [4.78, 5) is 0. The lowest BCUT2D eigenvalue weighted by atomic mass is 9.79. The first-order valence-electron chi connectivity index (χ1n) is 8.79. The number of nitrogens with one attached hydrogen (secondary N) is 2. The molecule has 1 unspecified atom stereocenters. The summed E-state index contributed by atoms with van der Waals surface area (Å²) in [6.07, 6.45) is 10.7. The first-order valence-corrected chi connectivity index (χ1v) is 8.79. The molecule has 0 aliphatic carbocycles. The number of unbranched alkanes of at least 4 members (excludes halogenated alkanes) is 4. The fraction of sp³-hybridized carbons (Fsp3) is 1.00. The van der Waals surface area contributed by atoms with E-state index in [1.807, 2.05) is 0 Å². The quantitative estimate of drug-likeness (QED) is 0.634. The van der Waals surface area contributed by atoms with Crippen LogP contribution in [0.4, 0.5) is 0 Å². The topological polar surface area (TPSA) is 24.1 Å². The monoisotopic (exact) mass is 282 g/mol. The SMILES string of the molecule is CCCCCCCC(C)NC1CC(C)(C)NC(C)(C)C1. The van der Waals surface area contributed by atoms with Crippen molar-refractivity contribution in [3.05, 3.63) is 0 Å². The molecule has 1 aliphatic heterocycles. The molecule has 2 nitrogen and oxygen atoms in total. The third-order valence-corrected chi connectivity index (χ3v) is 4.45. The minimum absolute atomic E-state index is 0.250. The van der Waals surface area contributed by atoms with Gasteiger partial charge in [-0.3, -0.25) is 0 Å². The summed E-state index contributed by atoms with van der Waals surface area (Å²) in [7, 11) is 0. The highest BCUT2D eigenvalue weighted by Crippen LogP contribution is 2.28. The van der Waals surface area contributed by atoms with Gasteiger partial charge in [0, 0.05) is 23.2 Å². The second-order valence-electron chi connectivity index (χ2n) is 8.27. The van der Waals surface area contributed by atoms with Gasteiger partial charge < -0.3 is 10.6 Å². The zero-order valence-corrected chi connectivity index (χ0v) is 14.8. The van der Waals surface area contributed by atoms with Gasteiger partial charge in [-0.1, -0.05) is 39.0 Å². The second kappa shape index (κ2) is 7.79. The minimum atomic E-state index is 0.250. The zero-order chi connectivity index (χ0) is 15.2. The Bertz CT molecular complexity index is 255. The van der Waals surface area contributed by atoms with Crippen molar-refractivity contribution in [2.45, 2.75) is 116 Å². The van der Waals surface area contributed by atoms with E-state index in [1.54, 1.807) is 0 Å². The molecule has 0 bridgehead atoms. The number of rotatable bonds is 8. The van der Waals surface area contributed by atoms with Gasteiger partial charge >= 0.3 is 0 Å². The van der Waals surface area contributed by atoms with Crippen molar-refractivity contribution in [1.29, 1.82) is 0 Å². The molecule has 0 radical (unpaired) electrons. The van der Waals surface area contributed by atoms with Crippen LogP contribution in [-0.2, 0) is 0 Å². The van der Waals surface area contributed by atoms with E-state index in [9.17, 15) is 0 Å². The lowest BCUT2D eigenvalue weighted by molar-refractivity contribution is 0.139. The van der Waals surface area contributed by atoms with Crippen LogP contribution in [0, 0.1) is 0 Å². The minimum Gasteiger partial charge on any atom is -0.311 e. The van der Waals surface area contributed by atoms with Gasteiger partial charge in [-0.05, 0) is 53.9 Å². The summed E-state index contributed by atoms with van der Waals surface area (Å²) >= 11 is 0. The van der Waals surface area contributed by atoms with Crippen molar-refractivity contribution in [2.24, 2.45) is 0 Å². The van der Waals surface area contributed by atoms with Gasteiger partial charge in [0.2, 0.25) is 0 Å². The zero-order valence-electron chi connectivity index (χ0n) is 14.8. The second-order valence-corrected chi connectivity index (χ2v) is 8.27. The van der Waals surface area contributed by atoms with Gasteiger partial charge in [0.25, 0.3) is 0 Å². The molecule has 0 amide bonds. The fourth-order valence-electron chi connectivity index (χ4n) is 3.98. The molecule has 1 atom stereocenters. The van der Waals surface area contributed by atoms with Crippen molar-refractivity contribution in [2.75, 3.05) is 0 Å². The van der Waals surface area contributed by atoms with Crippen LogP contribution in [0.2, 0.25) is 0 Å². The molecule has 1 heterocycles. The Hall–Kier alpha value is -0.0800. The number of hydrogen-bond acceptors (Lipinski definition) is 2. The summed E-state index contributed by atoms with van der Waals surface area (Å²) < 4.78 is 0. The lowest BCUT2D eigenvalue weighted by Crippen LogP contribution is -2.62. The van der Waals surface area contributed by atoms with Gasteiger partial charge in [-0.15, -0.1) is 0 Å². The normalized spacial score (nSPS) is 23.7.